The molecule has 0 saturated carbocycles. The molecule has 0 aromatic carbocycles. The fraction of sp³-hybridized carbons (Fsp3) is 0.471. The van der Waals surface area contributed by atoms with Gasteiger partial charge < -0.3 is 10.6 Å². The molecule has 0 unspecified atom stereocenters. The predicted molar refractivity (Wildman–Crippen MR) is 97.0 cm³/mol. The summed E-state index contributed by atoms with van der Waals surface area (Å²) < 4.78 is 0. The van der Waals surface area contributed by atoms with Crippen molar-refractivity contribution in [2.45, 2.75) is 39.2 Å². The van der Waals surface area contributed by atoms with Gasteiger partial charge in [-0.25, -0.2) is 4.98 Å². The molecule has 2 rings (SSSR count). The average molecular weight is 331 g/mol. The second-order valence-corrected chi connectivity index (χ2v) is 7.18. The van der Waals surface area contributed by atoms with E-state index in [0.29, 0.717) is 6.54 Å². The van der Waals surface area contributed by atoms with Crippen molar-refractivity contribution in [3.63, 3.8) is 0 Å². The number of pyridine rings is 1. The number of hydrogen-bond acceptors (Lipinski definition) is 4. The summed E-state index contributed by atoms with van der Waals surface area (Å²) in [5.74, 6) is 0.784. The van der Waals surface area contributed by atoms with Crippen LogP contribution < -0.4 is 10.6 Å². The highest BCUT2D eigenvalue weighted by molar-refractivity contribution is 7.09. The van der Waals surface area contributed by atoms with Gasteiger partial charge in [-0.2, -0.15) is 0 Å². The number of rotatable bonds is 5. The number of nitrogens with one attached hydrogen (secondary N) is 2. The van der Waals surface area contributed by atoms with E-state index in [1.165, 1.54) is 0 Å². The Kier molecular flexibility index (Phi) is 6.10. The molecule has 2 heterocycles. The fourth-order valence-corrected chi connectivity index (χ4v) is 2.89. The number of guanidine groups is 1. The Morgan fingerprint density at radius 2 is 2.04 bits per heavy atom. The molecule has 0 aliphatic rings. The van der Waals surface area contributed by atoms with Crippen LogP contribution in [0.3, 0.4) is 0 Å². The van der Waals surface area contributed by atoms with Crippen LogP contribution >= 0.6 is 11.3 Å². The molecule has 2 aromatic heterocycles. The van der Waals surface area contributed by atoms with Gasteiger partial charge in [0.1, 0.15) is 0 Å². The molecule has 0 aliphatic heterocycles. The van der Waals surface area contributed by atoms with Gasteiger partial charge in [-0.15, -0.1) is 11.3 Å². The van der Waals surface area contributed by atoms with Gasteiger partial charge in [-0.3, -0.25) is 9.98 Å². The molecule has 0 fully saturated rings. The Balaban J connectivity index is 1.78. The molecule has 6 heteroatoms. The van der Waals surface area contributed by atoms with Crippen molar-refractivity contribution in [1.29, 1.82) is 0 Å². The monoisotopic (exact) mass is 331 g/mol. The molecule has 5 nitrogen and oxygen atoms in total. The zero-order chi connectivity index (χ0) is 16.7. The van der Waals surface area contributed by atoms with Crippen LogP contribution in [0.4, 0.5) is 0 Å². The van der Waals surface area contributed by atoms with Crippen molar-refractivity contribution in [1.82, 2.24) is 20.6 Å². The van der Waals surface area contributed by atoms with E-state index >= 15 is 0 Å². The lowest BCUT2D eigenvalue weighted by atomic mass is 9.98. The third-order valence-corrected chi connectivity index (χ3v) is 4.57. The molecule has 0 aliphatic carbocycles. The maximum Gasteiger partial charge on any atom is 0.191 e. The first kappa shape index (κ1) is 17.4. The lowest BCUT2D eigenvalue weighted by Gasteiger charge is -2.14. The smallest absolute Gasteiger partial charge is 0.191 e. The minimum Gasteiger partial charge on any atom is -0.356 e. The van der Waals surface area contributed by atoms with Gasteiger partial charge >= 0.3 is 0 Å². The SMILES string of the molecule is CN=C(NCCc1ccccn1)NCc1csc(C(C)(C)C)n1. The minimum atomic E-state index is 0.103. The van der Waals surface area contributed by atoms with Crippen LogP contribution in [-0.2, 0) is 18.4 Å². The van der Waals surface area contributed by atoms with E-state index in [0.717, 1.165) is 35.3 Å². The molecule has 124 valence electrons. The van der Waals surface area contributed by atoms with Crippen LogP contribution in [0, 0.1) is 0 Å². The normalized spacial score (nSPS) is 12.3. The highest BCUT2D eigenvalue weighted by Crippen LogP contribution is 2.25. The number of aromatic nitrogens is 2. The molecule has 2 N–H and O–H groups in total. The van der Waals surface area contributed by atoms with E-state index < -0.39 is 0 Å². The Hall–Kier alpha value is -1.95. The standard InChI is InChI=1S/C17H25N5S/c1-17(2,3)15-22-14(12-23-15)11-21-16(18-4)20-10-8-13-7-5-6-9-19-13/h5-7,9,12H,8,10-11H2,1-4H3,(H2,18,20,21). The summed E-state index contributed by atoms with van der Waals surface area (Å²) in [5.41, 5.74) is 2.23. The summed E-state index contributed by atoms with van der Waals surface area (Å²) in [6.07, 6.45) is 2.68. The lowest BCUT2D eigenvalue weighted by molar-refractivity contribution is 0.582. The Labute approximate surface area is 142 Å². The van der Waals surface area contributed by atoms with Gasteiger partial charge in [0.15, 0.2) is 5.96 Å². The first-order valence-electron chi connectivity index (χ1n) is 7.78. The third-order valence-electron chi connectivity index (χ3n) is 3.25. The fourth-order valence-electron chi connectivity index (χ4n) is 1.98. The van der Waals surface area contributed by atoms with E-state index in [4.69, 9.17) is 0 Å². The molecular formula is C17H25N5S. The van der Waals surface area contributed by atoms with Crippen LogP contribution in [0.2, 0.25) is 0 Å². The Bertz CT molecular complexity index is 628. The van der Waals surface area contributed by atoms with Crippen LogP contribution in [0.25, 0.3) is 0 Å². The third kappa shape index (κ3) is 5.63. The van der Waals surface area contributed by atoms with Crippen molar-refractivity contribution >= 4 is 17.3 Å². The lowest BCUT2D eigenvalue weighted by Crippen LogP contribution is -2.38. The highest BCUT2D eigenvalue weighted by atomic mass is 32.1. The van der Waals surface area contributed by atoms with Crippen molar-refractivity contribution in [2.75, 3.05) is 13.6 Å². The Morgan fingerprint density at radius 3 is 2.65 bits per heavy atom. The molecule has 0 radical (unpaired) electrons. The van der Waals surface area contributed by atoms with Crippen molar-refractivity contribution in [3.8, 4) is 0 Å². The number of aliphatic imine (C=N–C) groups is 1. The van der Waals surface area contributed by atoms with Crippen molar-refractivity contribution < 1.29 is 0 Å². The number of thiazole rings is 1. The summed E-state index contributed by atoms with van der Waals surface area (Å²) in [7, 11) is 1.78. The van der Waals surface area contributed by atoms with Crippen molar-refractivity contribution in [2.24, 2.45) is 4.99 Å². The van der Waals surface area contributed by atoms with Gasteiger partial charge in [-0.1, -0.05) is 26.8 Å². The summed E-state index contributed by atoms with van der Waals surface area (Å²) in [6.45, 7) is 8.01. The van der Waals surface area contributed by atoms with E-state index in [1.54, 1.807) is 18.4 Å². The first-order valence-corrected chi connectivity index (χ1v) is 8.66. The number of hydrogen-bond donors (Lipinski definition) is 2. The minimum absolute atomic E-state index is 0.103. The van der Waals surface area contributed by atoms with Crippen LogP contribution in [0.5, 0.6) is 0 Å². The van der Waals surface area contributed by atoms with E-state index in [-0.39, 0.29) is 5.41 Å². The zero-order valence-corrected chi connectivity index (χ0v) is 15.1. The van der Waals surface area contributed by atoms with Crippen LogP contribution in [-0.4, -0.2) is 29.5 Å². The Morgan fingerprint density at radius 1 is 1.22 bits per heavy atom. The van der Waals surface area contributed by atoms with E-state index in [1.807, 2.05) is 24.4 Å². The van der Waals surface area contributed by atoms with Crippen LogP contribution in [0.1, 0.15) is 37.2 Å². The summed E-state index contributed by atoms with van der Waals surface area (Å²) >= 11 is 1.71. The first-order chi connectivity index (χ1) is 11.0. The van der Waals surface area contributed by atoms with E-state index in [9.17, 15) is 0 Å². The quantitative estimate of drug-likeness (QED) is 0.653. The molecule has 0 bridgehead atoms. The van der Waals surface area contributed by atoms with Gasteiger partial charge in [0, 0.05) is 42.7 Å². The van der Waals surface area contributed by atoms with Gasteiger partial charge in [0.25, 0.3) is 0 Å². The topological polar surface area (TPSA) is 62.2 Å². The summed E-state index contributed by atoms with van der Waals surface area (Å²) in [6, 6.07) is 5.96. The second-order valence-electron chi connectivity index (χ2n) is 6.32. The summed E-state index contributed by atoms with van der Waals surface area (Å²) in [4.78, 5) is 13.2. The molecule has 2 aromatic rings. The molecule has 0 saturated heterocycles. The van der Waals surface area contributed by atoms with Gasteiger partial charge in [0.05, 0.1) is 17.2 Å². The molecule has 23 heavy (non-hydrogen) atoms. The maximum atomic E-state index is 4.68. The zero-order valence-electron chi connectivity index (χ0n) is 14.3. The predicted octanol–water partition coefficient (Wildman–Crippen LogP) is 2.74. The number of nitrogens with zero attached hydrogens (tertiary/aromatic N) is 3. The van der Waals surface area contributed by atoms with E-state index in [2.05, 4.69) is 51.7 Å². The second kappa shape index (κ2) is 8.06. The van der Waals surface area contributed by atoms with Crippen molar-refractivity contribution in [3.05, 3.63) is 46.2 Å². The molecular weight excluding hydrogens is 306 g/mol. The van der Waals surface area contributed by atoms with Gasteiger partial charge in [-0.05, 0) is 12.1 Å². The largest absolute Gasteiger partial charge is 0.356 e. The maximum absolute atomic E-state index is 4.68. The van der Waals surface area contributed by atoms with Crippen LogP contribution in [0.15, 0.2) is 34.8 Å². The highest BCUT2D eigenvalue weighted by Gasteiger charge is 2.17. The summed E-state index contributed by atoms with van der Waals surface area (Å²) in [5, 5.41) is 9.86. The molecule has 0 spiro atoms. The average Bonchev–Trinajstić information content (AvgIpc) is 3.01. The van der Waals surface area contributed by atoms with Gasteiger partial charge in [0.2, 0.25) is 0 Å². The molecule has 0 amide bonds. The molecule has 0 atom stereocenters.